The van der Waals surface area contributed by atoms with Crippen LogP contribution in [0, 0.1) is 41.5 Å². The van der Waals surface area contributed by atoms with Crippen molar-refractivity contribution in [3.05, 3.63) is 464 Å². The molecule has 0 bridgehead atoms. The summed E-state index contributed by atoms with van der Waals surface area (Å²) in [7, 11) is 0. The maximum Gasteiger partial charge on any atom is 0.373 e. The third-order valence-corrected chi connectivity index (χ3v) is 27.7. The zero-order valence-electron chi connectivity index (χ0n) is 78.6. The molecule has 0 aliphatic rings. The van der Waals surface area contributed by atoms with Crippen LogP contribution in [-0.4, -0.2) is 17.9 Å². The Kier molecular flexibility index (Phi) is 24.6. The molecule has 0 radical (unpaired) electrons. The maximum atomic E-state index is 15.0. The highest BCUT2D eigenvalue weighted by Crippen LogP contribution is 2.43. The Hall–Kier alpha value is -17.0. The number of aryl methyl sites for hydroxylation is 6. The molecule has 0 N–H and O–H groups in total. The molecule has 22 aromatic rings. The van der Waals surface area contributed by atoms with Gasteiger partial charge < -0.3 is 28.4 Å². The highest BCUT2D eigenvalue weighted by Gasteiger charge is 2.26. The first-order chi connectivity index (χ1) is 69.1. The van der Waals surface area contributed by atoms with Gasteiger partial charge in [-0.05, 0) is 275 Å². The van der Waals surface area contributed by atoms with Crippen molar-refractivity contribution in [2.24, 2.45) is 0 Å². The summed E-state index contributed by atoms with van der Waals surface area (Å²) in [6.45, 7) is 13.0. The van der Waals surface area contributed by atoms with E-state index in [1.165, 1.54) is 51.6 Å². The average molecular weight is 1850 g/mol. The van der Waals surface area contributed by atoms with Gasteiger partial charge in [0.1, 0.15) is 94.0 Å². The van der Waals surface area contributed by atoms with Gasteiger partial charge in [-0.1, -0.05) is 291 Å². The number of carbonyl (C=O) groups excluding carboxylic acids is 3. The van der Waals surface area contributed by atoms with Crippen molar-refractivity contribution >= 4 is 147 Å². The molecule has 141 heavy (non-hydrogen) atoms. The van der Waals surface area contributed by atoms with E-state index in [1.54, 1.807) is 36.4 Å². The first-order valence-electron chi connectivity index (χ1n) is 47.3. The van der Waals surface area contributed by atoms with Gasteiger partial charge in [0.15, 0.2) is 0 Å². The van der Waals surface area contributed by atoms with Crippen LogP contribution < -0.4 is 28.4 Å². The monoisotopic (exact) mass is 1850 g/mol. The summed E-state index contributed by atoms with van der Waals surface area (Å²) in [6, 6.07) is 120. The van der Waals surface area contributed by atoms with Gasteiger partial charge in [0, 0.05) is 51.6 Å². The molecule has 0 saturated carbocycles. The van der Waals surface area contributed by atoms with Crippen molar-refractivity contribution in [1.29, 1.82) is 0 Å². The quantitative estimate of drug-likeness (QED) is 0.0237. The van der Waals surface area contributed by atoms with Gasteiger partial charge in [-0.2, -0.15) is 14.7 Å². The Bertz CT molecular complexity index is 7180. The molecule has 0 fully saturated rings. The third kappa shape index (κ3) is 17.7. The molecule has 15 heteroatoms. The van der Waals surface area contributed by atoms with Crippen LogP contribution in [0.15, 0.2) is 364 Å². The van der Waals surface area contributed by atoms with Crippen molar-refractivity contribution in [2.75, 3.05) is 0 Å². The fraction of sp³-hybridized carbons (Fsp3) is 0.119. The molecule has 0 aliphatic heterocycles. The lowest BCUT2D eigenvalue weighted by Crippen LogP contribution is -2.14. The van der Waals surface area contributed by atoms with Crippen LogP contribution in [0.4, 0.5) is 0 Å². The second kappa shape index (κ2) is 38.9. The van der Waals surface area contributed by atoms with E-state index in [0.717, 1.165) is 163 Å². The normalized spacial score (nSPS) is 11.6. The molecule has 15 nitrogen and oxygen atoms in total. The molecule has 0 aliphatic carbocycles. The van der Waals surface area contributed by atoms with E-state index < -0.39 is 17.9 Å². The van der Waals surface area contributed by atoms with E-state index in [1.807, 2.05) is 164 Å². The van der Waals surface area contributed by atoms with E-state index in [-0.39, 0.29) is 76.2 Å². The number of rotatable bonds is 30. The predicted octanol–water partition coefficient (Wildman–Crippen LogP) is 30.7. The average Bonchev–Trinajstić information content (AvgIpc) is 0.777. The number of ether oxygens (including phenoxy) is 6. The molecule has 0 amide bonds. The maximum absolute atomic E-state index is 15.0. The zero-order valence-corrected chi connectivity index (χ0v) is 78.6. The fourth-order valence-corrected chi connectivity index (χ4v) is 20.7. The van der Waals surface area contributed by atoms with Gasteiger partial charge in [0.2, 0.25) is 0 Å². The van der Waals surface area contributed by atoms with Crippen molar-refractivity contribution in [1.82, 2.24) is 0 Å². The van der Waals surface area contributed by atoms with Gasteiger partial charge in [-0.15, -0.1) is 0 Å². The molecule has 0 aromatic heterocycles. The molecule has 690 valence electrons. The van der Waals surface area contributed by atoms with E-state index in [4.69, 9.17) is 57.7 Å². The van der Waals surface area contributed by atoms with Crippen LogP contribution in [0.5, 0.6) is 34.5 Å². The van der Waals surface area contributed by atoms with Crippen LogP contribution in [-0.2, 0) is 88.8 Å². The molecule has 22 aromatic carbocycles. The number of benzene rings is 22. The Balaban J connectivity index is 0.573. The van der Waals surface area contributed by atoms with E-state index >= 15 is 0 Å². The van der Waals surface area contributed by atoms with Gasteiger partial charge in [-0.25, -0.2) is 14.4 Å². The molecule has 0 atom stereocenters. The van der Waals surface area contributed by atoms with Crippen LogP contribution in [0.2, 0.25) is 0 Å². The molecule has 0 saturated heterocycles. The minimum Gasteiger partial charge on any atom is -0.489 e. The molecular formula is C126H96O15. The second-order valence-electron chi connectivity index (χ2n) is 36.0. The smallest absolute Gasteiger partial charge is 0.373 e. The molecule has 0 unspecified atom stereocenters. The minimum absolute atomic E-state index is 0.189. The minimum atomic E-state index is -1.09. The van der Waals surface area contributed by atoms with E-state index in [0.29, 0.717) is 51.2 Å². The number of fused-ring (bicyclic) bond motifs is 12. The summed E-state index contributed by atoms with van der Waals surface area (Å²) in [5, 5.41) is 26.2. The number of hydrogen-bond donors (Lipinski definition) is 0. The molecule has 22 rings (SSSR count). The van der Waals surface area contributed by atoms with E-state index in [9.17, 15) is 14.4 Å². The lowest BCUT2D eigenvalue weighted by atomic mass is 9.93. The van der Waals surface area contributed by atoms with Crippen LogP contribution in [0.25, 0.3) is 129 Å². The van der Waals surface area contributed by atoms with Gasteiger partial charge in [0.25, 0.3) is 0 Å². The molecule has 0 heterocycles. The first kappa shape index (κ1) is 89.3. The Morgan fingerprint density at radius 1 is 0.163 bits per heavy atom. The lowest BCUT2D eigenvalue weighted by molar-refractivity contribution is -0.251. The SMILES string of the molecule is Cc1c2ccccc2c(COc2cc(COOC(=O)c3cc(C(=O)OOCc4cc(OCc5c6ccccc6c(C)c6ccccc56)cc(OCc5c6ccccc6c(C)c6ccccc56)c4)cc(C(=O)OOCc4cc(OCc5c6ccccc6c(C)c6ccccc56)cc(OCc5c6ccccc6c(C)c6ccccc56)c4)c3)cc(OCc3c4ccccc4c(C)c4ccccc34)c2)c2ccccc12. The summed E-state index contributed by atoms with van der Waals surface area (Å²) in [4.78, 5) is 80.0. The summed E-state index contributed by atoms with van der Waals surface area (Å²) in [5.74, 6) is -0.546. The van der Waals surface area contributed by atoms with Gasteiger partial charge in [0.05, 0.1) is 16.7 Å². The van der Waals surface area contributed by atoms with Gasteiger partial charge >= 0.3 is 17.9 Å². The van der Waals surface area contributed by atoms with E-state index in [2.05, 4.69) is 187 Å². The summed E-state index contributed by atoms with van der Waals surface area (Å²) >= 11 is 0. The fourth-order valence-electron chi connectivity index (χ4n) is 20.7. The topological polar surface area (TPSA) is 162 Å². The Morgan fingerprint density at radius 3 is 0.426 bits per heavy atom. The zero-order chi connectivity index (χ0) is 95.7. The summed E-state index contributed by atoms with van der Waals surface area (Å²) in [5.41, 5.74) is 13.7. The largest absolute Gasteiger partial charge is 0.489 e. The predicted molar refractivity (Wildman–Crippen MR) is 560 cm³/mol. The van der Waals surface area contributed by atoms with Crippen molar-refractivity contribution in [3.63, 3.8) is 0 Å². The Morgan fingerprint density at radius 2 is 0.291 bits per heavy atom. The van der Waals surface area contributed by atoms with Crippen molar-refractivity contribution in [2.45, 2.75) is 101 Å². The molecule has 0 spiro atoms. The standard InChI is InChI=1S/C126H96O15/c1-76-94-31-7-19-43-106(94)118(107-44-20-8-32-95(76)107)70-130-88-55-82(56-89(64-88)131-71-119-108-45-21-9-33-96(108)77(2)97-34-10-22-46-109(97)119)67-136-139-124(127)85-61-86(125(128)140-137-68-83-57-90(132-72-120-110-47-23-11-35-98(110)78(3)99-36-12-24-48-111(99)120)65-91(58-83)133-73-121-112-49-25-13-37-100(112)79(4)101-38-14-26-50-113(101)121)63-87(62-85)126(129)141-138-69-84-59-92(134-74-122-114-51-27-15-39-102(114)80(5)103-40-16-28-52-115(103)122)66-93(60-84)135-75-123-116-53-29-17-41-104(116)81(6)105-42-18-30-54-117(105)123/h7-66H,67-75H2,1-6H3. The van der Waals surface area contributed by atoms with Crippen molar-refractivity contribution < 1.29 is 72.1 Å². The number of hydrogen-bond acceptors (Lipinski definition) is 15. The Labute approximate surface area is 813 Å². The molecular weight excluding hydrogens is 1750 g/mol. The van der Waals surface area contributed by atoms with Crippen LogP contribution in [0.3, 0.4) is 0 Å². The first-order valence-corrected chi connectivity index (χ1v) is 47.3. The highest BCUT2D eigenvalue weighted by atomic mass is 17.2. The van der Waals surface area contributed by atoms with Gasteiger partial charge in [-0.3, -0.25) is 14.7 Å². The lowest BCUT2D eigenvalue weighted by Gasteiger charge is -2.18. The van der Waals surface area contributed by atoms with Crippen LogP contribution >= 0.6 is 0 Å². The number of carbonyl (C=O) groups is 3. The highest BCUT2D eigenvalue weighted by molar-refractivity contribution is 6.12. The summed E-state index contributed by atoms with van der Waals surface area (Å²) in [6.07, 6.45) is 0. The second-order valence-corrected chi connectivity index (χ2v) is 36.0. The third-order valence-electron chi connectivity index (χ3n) is 27.7. The van der Waals surface area contributed by atoms with Crippen molar-refractivity contribution in [3.8, 4) is 34.5 Å². The summed E-state index contributed by atoms with van der Waals surface area (Å²) < 4.78 is 41.2. The van der Waals surface area contributed by atoms with Crippen LogP contribution in [0.1, 0.15) is 115 Å².